The molecule has 0 unspecified atom stereocenters. The Morgan fingerprint density at radius 2 is 2.03 bits per heavy atom. The number of hydrogen-bond acceptors (Lipinski definition) is 4. The van der Waals surface area contributed by atoms with Crippen LogP contribution in [0.25, 0.3) is 10.9 Å². The van der Waals surface area contributed by atoms with Crippen molar-refractivity contribution in [2.45, 2.75) is 55.3 Å². The molecule has 34 heavy (non-hydrogen) atoms. The molecule has 7 heteroatoms. The fourth-order valence-electron chi connectivity index (χ4n) is 8.04. The van der Waals surface area contributed by atoms with Crippen LogP contribution in [-0.4, -0.2) is 44.4 Å². The van der Waals surface area contributed by atoms with Crippen LogP contribution in [0.5, 0.6) is 11.5 Å². The predicted molar refractivity (Wildman–Crippen MR) is 137 cm³/mol. The number of aliphatic hydroxyl groups is 1. The van der Waals surface area contributed by atoms with Crippen molar-refractivity contribution in [3.05, 3.63) is 55.6 Å². The predicted octanol–water partition coefficient (Wildman–Crippen LogP) is 5.11. The van der Waals surface area contributed by atoms with Crippen LogP contribution < -0.4 is 4.74 Å². The van der Waals surface area contributed by atoms with Gasteiger partial charge in [0.1, 0.15) is 0 Å². The number of nitrogens with zero attached hydrogens (tertiary/aromatic N) is 2. The van der Waals surface area contributed by atoms with Gasteiger partial charge in [-0.25, -0.2) is 0 Å². The normalized spacial score (nSPS) is 33.1. The number of phenolic OH excluding ortho intramolecular Hbond substituents is 1. The average molecular weight is 586 g/mol. The summed E-state index contributed by atoms with van der Waals surface area (Å²) in [6.07, 6.45) is 4.54. The molecule has 1 spiro atoms. The zero-order chi connectivity index (χ0) is 23.1. The number of likely N-dealkylation sites (tertiary alicyclic amines) is 1. The lowest BCUT2D eigenvalue weighted by Gasteiger charge is -2.63. The van der Waals surface area contributed by atoms with E-state index in [4.69, 9.17) is 4.74 Å². The number of hydrogen-bond donors (Lipinski definition) is 2. The van der Waals surface area contributed by atoms with Gasteiger partial charge in [0.2, 0.25) is 0 Å². The van der Waals surface area contributed by atoms with Gasteiger partial charge in [-0.3, -0.25) is 4.90 Å². The average Bonchev–Trinajstić information content (AvgIpc) is 3.46. The van der Waals surface area contributed by atoms with Crippen molar-refractivity contribution < 1.29 is 14.9 Å². The van der Waals surface area contributed by atoms with E-state index in [1.165, 1.54) is 24.0 Å². The standard InChI is InChI=1S/C27H26Br2N2O3/c1-30-22-16(9-15(28)10-18(22)29)17-11-27(33)20-8-14-4-5-19(32)24-21(14)26(27,25(34-24)23(17)30)6-7-31(20)12-13-2-3-13/h4-5,9-10,13,20,25,32-33H,2-3,6-8,11-12H2,1H3/t20-,25+,26+,27-/m1/s1. The monoisotopic (exact) mass is 584 g/mol. The molecule has 0 amide bonds. The van der Waals surface area contributed by atoms with Gasteiger partial charge in [0.05, 0.1) is 22.2 Å². The second-order valence-electron chi connectivity index (χ2n) is 11.1. The number of phenols is 1. The Balaban J connectivity index is 1.45. The third kappa shape index (κ3) is 2.25. The van der Waals surface area contributed by atoms with Gasteiger partial charge >= 0.3 is 0 Å². The van der Waals surface area contributed by atoms with Crippen LogP contribution in [0.3, 0.4) is 0 Å². The Kier molecular flexibility index (Phi) is 3.89. The maximum Gasteiger partial charge on any atom is 0.166 e. The van der Waals surface area contributed by atoms with Gasteiger partial charge in [-0.15, -0.1) is 0 Å². The van der Waals surface area contributed by atoms with Crippen molar-refractivity contribution in [3.8, 4) is 11.5 Å². The van der Waals surface area contributed by atoms with Gasteiger partial charge in [-0.1, -0.05) is 22.0 Å². The van der Waals surface area contributed by atoms with E-state index in [9.17, 15) is 10.2 Å². The van der Waals surface area contributed by atoms with Crippen LogP contribution in [0.1, 0.15) is 47.8 Å². The fraction of sp³-hybridized carbons (Fsp3) is 0.481. The van der Waals surface area contributed by atoms with E-state index in [-0.39, 0.29) is 17.9 Å². The van der Waals surface area contributed by atoms with E-state index in [0.717, 1.165) is 63.0 Å². The van der Waals surface area contributed by atoms with Gasteiger partial charge in [0.15, 0.2) is 17.6 Å². The molecule has 3 heterocycles. The summed E-state index contributed by atoms with van der Waals surface area (Å²) in [6, 6.07) is 8.15. The highest BCUT2D eigenvalue weighted by Crippen LogP contribution is 2.69. The molecule has 8 rings (SSSR count). The summed E-state index contributed by atoms with van der Waals surface area (Å²) < 4.78 is 11.0. The molecule has 3 aliphatic carbocycles. The Bertz CT molecular complexity index is 1430. The van der Waals surface area contributed by atoms with Crippen LogP contribution in [0.2, 0.25) is 0 Å². The van der Waals surface area contributed by atoms with Crippen molar-refractivity contribution in [1.82, 2.24) is 9.47 Å². The van der Waals surface area contributed by atoms with Gasteiger partial charge < -0.3 is 19.5 Å². The number of aromatic hydroxyl groups is 1. The molecule has 3 aromatic rings. The number of aryl methyl sites for hydroxylation is 1. The lowest BCUT2D eigenvalue weighted by atomic mass is 9.49. The first-order chi connectivity index (χ1) is 16.3. The van der Waals surface area contributed by atoms with Crippen molar-refractivity contribution in [2.24, 2.45) is 13.0 Å². The molecule has 0 radical (unpaired) electrons. The molecule has 176 valence electrons. The van der Waals surface area contributed by atoms with Crippen LogP contribution >= 0.6 is 31.9 Å². The van der Waals surface area contributed by atoms with E-state index >= 15 is 0 Å². The molecule has 4 atom stereocenters. The number of ether oxygens (including phenoxy) is 1. The highest BCUT2D eigenvalue weighted by atomic mass is 79.9. The van der Waals surface area contributed by atoms with Crippen molar-refractivity contribution in [3.63, 3.8) is 0 Å². The Morgan fingerprint density at radius 1 is 1.21 bits per heavy atom. The molecular weight excluding hydrogens is 560 g/mol. The van der Waals surface area contributed by atoms with Crippen molar-refractivity contribution >= 4 is 42.8 Å². The first-order valence-corrected chi connectivity index (χ1v) is 13.9. The van der Waals surface area contributed by atoms with E-state index < -0.39 is 11.0 Å². The summed E-state index contributed by atoms with van der Waals surface area (Å²) in [5, 5.41) is 25.0. The van der Waals surface area contributed by atoms with Crippen molar-refractivity contribution in [1.29, 1.82) is 0 Å². The molecule has 1 aromatic heterocycles. The quantitative estimate of drug-likeness (QED) is 0.439. The Morgan fingerprint density at radius 3 is 2.82 bits per heavy atom. The third-order valence-electron chi connectivity index (χ3n) is 9.57. The van der Waals surface area contributed by atoms with E-state index in [2.05, 4.69) is 66.6 Å². The maximum atomic E-state index is 12.9. The second-order valence-corrected chi connectivity index (χ2v) is 12.9. The van der Waals surface area contributed by atoms with Gasteiger partial charge in [-0.2, -0.15) is 0 Å². The summed E-state index contributed by atoms with van der Waals surface area (Å²) in [5.74, 6) is 1.55. The number of benzene rings is 2. The third-order valence-corrected chi connectivity index (χ3v) is 10.6. The molecular formula is C27H26Br2N2O3. The smallest absolute Gasteiger partial charge is 0.166 e. The van der Waals surface area contributed by atoms with E-state index in [0.29, 0.717) is 12.2 Å². The zero-order valence-electron chi connectivity index (χ0n) is 18.9. The lowest BCUT2D eigenvalue weighted by molar-refractivity contribution is -0.173. The van der Waals surface area contributed by atoms with Crippen LogP contribution in [0.15, 0.2) is 33.2 Å². The summed E-state index contributed by atoms with van der Waals surface area (Å²) in [7, 11) is 2.11. The molecule has 2 bridgehead atoms. The van der Waals surface area contributed by atoms with Crippen LogP contribution in [-0.2, 0) is 25.3 Å². The maximum absolute atomic E-state index is 12.9. The Labute approximate surface area is 215 Å². The molecule has 5 aliphatic rings. The molecule has 1 saturated heterocycles. The molecule has 1 saturated carbocycles. The summed E-state index contributed by atoms with van der Waals surface area (Å²) in [4.78, 5) is 2.58. The zero-order valence-corrected chi connectivity index (χ0v) is 22.1. The Hall–Kier alpha value is -1.54. The largest absolute Gasteiger partial charge is 0.504 e. The highest BCUT2D eigenvalue weighted by Gasteiger charge is 2.73. The topological polar surface area (TPSA) is 57.9 Å². The SMILES string of the molecule is Cn1c2c(c3cc(Br)cc(Br)c31)C[C@@]1(O)[C@H]3Cc4ccc(O)c5c4[C@@]1(CCN3CC1CC1)[C@H]2O5. The van der Waals surface area contributed by atoms with Crippen LogP contribution in [0, 0.1) is 5.92 Å². The number of halogens is 2. The van der Waals surface area contributed by atoms with E-state index in [1.54, 1.807) is 6.07 Å². The number of aromatic nitrogens is 1. The highest BCUT2D eigenvalue weighted by molar-refractivity contribution is 9.11. The number of fused-ring (bicyclic) bond motifs is 4. The molecule has 5 nitrogen and oxygen atoms in total. The fourth-order valence-corrected chi connectivity index (χ4v) is 9.53. The van der Waals surface area contributed by atoms with Gasteiger partial charge in [-0.05, 0) is 83.4 Å². The number of piperidine rings is 1. The summed E-state index contributed by atoms with van der Waals surface area (Å²) in [5.41, 5.74) is 4.24. The minimum atomic E-state index is -0.951. The molecule has 2 N–H and O–H groups in total. The minimum Gasteiger partial charge on any atom is -0.504 e. The first-order valence-electron chi connectivity index (χ1n) is 12.3. The lowest BCUT2D eigenvalue weighted by Crippen LogP contribution is -2.74. The van der Waals surface area contributed by atoms with E-state index in [1.807, 2.05) is 0 Å². The first kappa shape index (κ1) is 20.6. The molecule has 2 fully saturated rings. The summed E-state index contributed by atoms with van der Waals surface area (Å²) >= 11 is 7.47. The van der Waals surface area contributed by atoms with Gasteiger partial charge in [0.25, 0.3) is 0 Å². The molecule has 2 aromatic carbocycles. The van der Waals surface area contributed by atoms with Crippen LogP contribution in [0.4, 0.5) is 0 Å². The number of rotatable bonds is 2. The van der Waals surface area contributed by atoms with Crippen molar-refractivity contribution in [2.75, 3.05) is 13.1 Å². The molecule has 2 aliphatic heterocycles. The summed E-state index contributed by atoms with van der Waals surface area (Å²) in [6.45, 7) is 2.04. The minimum absolute atomic E-state index is 0.0509. The van der Waals surface area contributed by atoms with Gasteiger partial charge in [0, 0.05) is 46.0 Å². The second kappa shape index (κ2) is 6.41.